The predicted octanol–water partition coefficient (Wildman–Crippen LogP) is 1.06. The van der Waals surface area contributed by atoms with Crippen LogP contribution in [0.15, 0.2) is 17.3 Å². The summed E-state index contributed by atoms with van der Waals surface area (Å²) in [6, 6.07) is 0.0371. The van der Waals surface area contributed by atoms with Crippen LogP contribution in [0.3, 0.4) is 0 Å². The molecule has 0 radical (unpaired) electrons. The van der Waals surface area contributed by atoms with Crippen molar-refractivity contribution in [1.82, 2.24) is 19.8 Å². The number of aromatic nitrogens is 2. The maximum Gasteiger partial charge on any atom is 0.243 e. The average Bonchev–Trinajstić information content (AvgIpc) is 3.08. The molecule has 0 aromatic carbocycles. The van der Waals surface area contributed by atoms with Gasteiger partial charge in [-0.3, -0.25) is 4.68 Å². The van der Waals surface area contributed by atoms with Crippen molar-refractivity contribution in [3.63, 3.8) is 0 Å². The molecule has 2 N–H and O–H groups in total. The summed E-state index contributed by atoms with van der Waals surface area (Å²) < 4.78 is 29.3. The molecule has 1 aliphatic carbocycles. The highest BCUT2D eigenvalue weighted by molar-refractivity contribution is 7.99. The number of sulfonamides is 1. The lowest BCUT2D eigenvalue weighted by atomic mass is 10.3. The van der Waals surface area contributed by atoms with Crippen LogP contribution in [0.25, 0.3) is 0 Å². The molecule has 21 heavy (non-hydrogen) atoms. The Morgan fingerprint density at radius 2 is 2.29 bits per heavy atom. The van der Waals surface area contributed by atoms with E-state index in [4.69, 9.17) is 0 Å². The molecular weight excluding hydrogens is 308 g/mol. The molecule has 1 aromatic heterocycles. The molecule has 1 fully saturated rings. The summed E-state index contributed by atoms with van der Waals surface area (Å²) in [5, 5.41) is 7.69. The van der Waals surface area contributed by atoms with Crippen molar-refractivity contribution >= 4 is 21.8 Å². The number of likely N-dealkylation sites (N-methyl/N-ethyl adjacent to an activating group) is 1. The molecule has 120 valence electrons. The molecule has 0 bridgehead atoms. The van der Waals surface area contributed by atoms with Gasteiger partial charge < -0.3 is 5.32 Å². The molecule has 1 aromatic rings. The van der Waals surface area contributed by atoms with Crippen molar-refractivity contribution in [3.8, 4) is 0 Å². The van der Waals surface area contributed by atoms with Gasteiger partial charge in [-0.25, -0.2) is 13.1 Å². The predicted molar refractivity (Wildman–Crippen MR) is 86.0 cm³/mol. The first-order chi connectivity index (χ1) is 10.1. The second-order valence-electron chi connectivity index (χ2n) is 5.23. The Labute approximate surface area is 131 Å². The van der Waals surface area contributed by atoms with E-state index in [2.05, 4.69) is 15.1 Å². The van der Waals surface area contributed by atoms with Gasteiger partial charge in [-0.15, -0.1) is 0 Å². The molecule has 2 unspecified atom stereocenters. The minimum Gasteiger partial charge on any atom is -0.315 e. The van der Waals surface area contributed by atoms with Gasteiger partial charge in [-0.1, -0.05) is 13.3 Å². The van der Waals surface area contributed by atoms with E-state index in [0.717, 1.165) is 32.4 Å². The van der Waals surface area contributed by atoms with Gasteiger partial charge in [-0.05, 0) is 25.6 Å². The fourth-order valence-electron chi connectivity index (χ4n) is 2.59. The summed E-state index contributed by atoms with van der Waals surface area (Å²) >= 11 is 1.74. The topological polar surface area (TPSA) is 76.0 Å². The molecule has 0 spiro atoms. The highest BCUT2D eigenvalue weighted by atomic mass is 32.2. The summed E-state index contributed by atoms with van der Waals surface area (Å²) in [6.07, 6.45) is 8.15. The molecule has 6 nitrogen and oxygen atoms in total. The van der Waals surface area contributed by atoms with E-state index in [1.165, 1.54) is 6.20 Å². The number of rotatable bonds is 8. The lowest BCUT2D eigenvalue weighted by Gasteiger charge is -2.18. The van der Waals surface area contributed by atoms with Gasteiger partial charge in [0.15, 0.2) is 0 Å². The fourth-order valence-corrected chi connectivity index (χ4v) is 4.87. The summed E-state index contributed by atoms with van der Waals surface area (Å²) in [4.78, 5) is 0.255. The molecule has 0 saturated heterocycles. The van der Waals surface area contributed by atoms with Crippen LogP contribution in [0.2, 0.25) is 0 Å². The standard InChI is InChI=1S/C13H24N4O2S2/c1-3-14-7-8-17-10-11(9-15-17)21(18,19)16-12-5-4-6-13(12)20-2/h9-10,12-14,16H,3-8H2,1-2H3. The lowest BCUT2D eigenvalue weighted by molar-refractivity contribution is 0.552. The Morgan fingerprint density at radius 3 is 3.00 bits per heavy atom. The monoisotopic (exact) mass is 332 g/mol. The summed E-state index contributed by atoms with van der Waals surface area (Å²) in [5.41, 5.74) is 0. The zero-order valence-corrected chi connectivity index (χ0v) is 14.2. The second-order valence-corrected chi connectivity index (χ2v) is 8.02. The van der Waals surface area contributed by atoms with Crippen LogP contribution in [0.4, 0.5) is 0 Å². The third-order valence-electron chi connectivity index (χ3n) is 3.75. The summed E-state index contributed by atoms with van der Waals surface area (Å²) in [5.74, 6) is 0. The van der Waals surface area contributed by atoms with E-state index in [0.29, 0.717) is 11.8 Å². The third-order valence-corrected chi connectivity index (χ3v) is 6.36. The van der Waals surface area contributed by atoms with E-state index < -0.39 is 10.0 Å². The summed E-state index contributed by atoms with van der Waals surface area (Å²) in [7, 11) is -3.46. The lowest BCUT2D eigenvalue weighted by Crippen LogP contribution is -2.38. The average molecular weight is 332 g/mol. The first-order valence-corrected chi connectivity index (χ1v) is 10.1. The normalized spacial score (nSPS) is 22.8. The Bertz CT molecular complexity index is 544. The van der Waals surface area contributed by atoms with Gasteiger partial charge in [0.2, 0.25) is 10.0 Å². The Kier molecular flexibility index (Phi) is 6.09. The van der Waals surface area contributed by atoms with Crippen LogP contribution < -0.4 is 10.0 Å². The van der Waals surface area contributed by atoms with Crippen molar-refractivity contribution in [2.24, 2.45) is 0 Å². The number of thioether (sulfide) groups is 1. The molecule has 2 rings (SSSR count). The molecule has 1 heterocycles. The molecule has 1 aliphatic rings. The molecule has 0 amide bonds. The van der Waals surface area contributed by atoms with Gasteiger partial charge >= 0.3 is 0 Å². The van der Waals surface area contributed by atoms with Crippen LogP contribution in [-0.2, 0) is 16.6 Å². The minimum absolute atomic E-state index is 0.0371. The quantitative estimate of drug-likeness (QED) is 0.696. The fraction of sp³-hybridized carbons (Fsp3) is 0.769. The van der Waals surface area contributed by atoms with Crippen molar-refractivity contribution < 1.29 is 8.42 Å². The van der Waals surface area contributed by atoms with Crippen LogP contribution in [0.5, 0.6) is 0 Å². The highest BCUT2D eigenvalue weighted by Crippen LogP contribution is 2.29. The maximum absolute atomic E-state index is 12.4. The second kappa shape index (κ2) is 7.62. The largest absolute Gasteiger partial charge is 0.315 e. The first kappa shape index (κ1) is 16.8. The number of nitrogens with zero attached hydrogens (tertiary/aromatic N) is 2. The van der Waals surface area contributed by atoms with E-state index >= 15 is 0 Å². The van der Waals surface area contributed by atoms with Crippen molar-refractivity contribution in [3.05, 3.63) is 12.4 Å². The highest BCUT2D eigenvalue weighted by Gasteiger charge is 2.31. The first-order valence-electron chi connectivity index (χ1n) is 7.35. The third kappa shape index (κ3) is 4.45. The van der Waals surface area contributed by atoms with Gasteiger partial charge in [0, 0.05) is 24.0 Å². The Balaban J connectivity index is 1.99. The number of nitrogens with one attached hydrogen (secondary N) is 2. The van der Waals surface area contributed by atoms with Crippen molar-refractivity contribution in [2.75, 3.05) is 19.3 Å². The molecule has 1 saturated carbocycles. The SMILES string of the molecule is CCNCCn1cc(S(=O)(=O)NC2CCCC2SC)cn1. The smallest absolute Gasteiger partial charge is 0.243 e. The minimum atomic E-state index is -3.46. The Morgan fingerprint density at radius 1 is 1.48 bits per heavy atom. The van der Waals surface area contributed by atoms with E-state index in [1.54, 1.807) is 22.6 Å². The number of hydrogen-bond donors (Lipinski definition) is 2. The van der Waals surface area contributed by atoms with Crippen molar-refractivity contribution in [2.45, 2.75) is 48.9 Å². The van der Waals surface area contributed by atoms with E-state index in [9.17, 15) is 8.42 Å². The Hall–Kier alpha value is -0.570. The van der Waals surface area contributed by atoms with Crippen LogP contribution in [0.1, 0.15) is 26.2 Å². The van der Waals surface area contributed by atoms with Gasteiger partial charge in [0.1, 0.15) is 4.90 Å². The van der Waals surface area contributed by atoms with Crippen molar-refractivity contribution in [1.29, 1.82) is 0 Å². The van der Waals surface area contributed by atoms with Gasteiger partial charge in [0.25, 0.3) is 0 Å². The zero-order valence-electron chi connectivity index (χ0n) is 12.6. The van der Waals surface area contributed by atoms with E-state index in [-0.39, 0.29) is 10.9 Å². The summed E-state index contributed by atoms with van der Waals surface area (Å²) in [6.45, 7) is 4.38. The van der Waals surface area contributed by atoms with E-state index in [1.807, 2.05) is 13.2 Å². The number of hydrogen-bond acceptors (Lipinski definition) is 5. The van der Waals surface area contributed by atoms with Gasteiger partial charge in [-0.2, -0.15) is 16.9 Å². The maximum atomic E-state index is 12.4. The molecular formula is C13H24N4O2S2. The van der Waals surface area contributed by atoms with Crippen LogP contribution in [-0.4, -0.2) is 48.8 Å². The molecule has 8 heteroatoms. The zero-order chi connectivity index (χ0) is 15.3. The van der Waals surface area contributed by atoms with Crippen LogP contribution in [0, 0.1) is 0 Å². The van der Waals surface area contributed by atoms with Crippen LogP contribution >= 0.6 is 11.8 Å². The van der Waals surface area contributed by atoms with Gasteiger partial charge in [0.05, 0.1) is 12.7 Å². The molecule has 0 aliphatic heterocycles. The molecule has 2 atom stereocenters.